The number of hydrogen-bond donors (Lipinski definition) is 1. The Kier molecular flexibility index (Phi) is 5.26. The summed E-state index contributed by atoms with van der Waals surface area (Å²) in [4.78, 5) is 0.244. The molecule has 1 aliphatic rings. The molecule has 124 valence electrons. The zero-order chi connectivity index (χ0) is 16.4. The first kappa shape index (κ1) is 17.4. The molecule has 0 radical (unpaired) electrons. The highest BCUT2D eigenvalue weighted by molar-refractivity contribution is 7.89. The summed E-state index contributed by atoms with van der Waals surface area (Å²) in [5, 5.41) is 0. The van der Waals surface area contributed by atoms with E-state index in [1.165, 1.54) is 4.31 Å². The van der Waals surface area contributed by atoms with Gasteiger partial charge in [-0.15, -0.1) is 0 Å². The zero-order valence-electron chi connectivity index (χ0n) is 12.9. The summed E-state index contributed by atoms with van der Waals surface area (Å²) in [5.41, 5.74) is 1.54. The number of hydrogen-bond acceptors (Lipinski definition) is 4. The van der Waals surface area contributed by atoms with Gasteiger partial charge >= 0.3 is 0 Å². The molecule has 1 fully saturated rings. The van der Waals surface area contributed by atoms with Crippen molar-refractivity contribution in [1.29, 1.82) is 0 Å². The molecule has 1 N–H and O–H groups in total. The second-order valence-electron chi connectivity index (χ2n) is 5.59. The summed E-state index contributed by atoms with van der Waals surface area (Å²) in [7, 11) is -6.85. The molecule has 0 amide bonds. The molecule has 0 aliphatic carbocycles. The lowest BCUT2D eigenvalue weighted by atomic mass is 10.2. The van der Waals surface area contributed by atoms with Crippen LogP contribution < -0.4 is 4.72 Å². The average Bonchev–Trinajstić information content (AvgIpc) is 2.43. The SMILES string of the molecule is Cc1ccc(C)c(S(=O)(=O)NCCN2CCCCS2(=O)=O)c1. The number of sulfonamides is 2. The molecule has 1 aromatic carbocycles. The van der Waals surface area contributed by atoms with Crippen molar-refractivity contribution in [3.63, 3.8) is 0 Å². The normalized spacial score (nSPS) is 19.2. The van der Waals surface area contributed by atoms with Crippen molar-refractivity contribution in [2.24, 2.45) is 0 Å². The fourth-order valence-electron chi connectivity index (χ4n) is 2.47. The molecule has 0 atom stereocenters. The van der Waals surface area contributed by atoms with E-state index >= 15 is 0 Å². The molecule has 1 aromatic rings. The smallest absolute Gasteiger partial charge is 0.212 e. The fourth-order valence-corrected chi connectivity index (χ4v) is 5.42. The van der Waals surface area contributed by atoms with Gasteiger partial charge in [0.15, 0.2) is 0 Å². The number of nitrogens with one attached hydrogen (secondary N) is 1. The van der Waals surface area contributed by atoms with E-state index in [1.54, 1.807) is 19.1 Å². The van der Waals surface area contributed by atoms with Gasteiger partial charge in [-0.3, -0.25) is 0 Å². The predicted molar refractivity (Wildman–Crippen MR) is 85.7 cm³/mol. The van der Waals surface area contributed by atoms with Crippen LogP contribution in [-0.4, -0.2) is 46.5 Å². The molecule has 0 spiro atoms. The molecule has 0 aromatic heterocycles. The van der Waals surface area contributed by atoms with E-state index < -0.39 is 20.0 Å². The molecule has 0 unspecified atom stereocenters. The molecule has 22 heavy (non-hydrogen) atoms. The minimum atomic E-state index is -3.62. The third-order valence-corrected chi connectivity index (χ3v) is 7.30. The summed E-state index contributed by atoms with van der Waals surface area (Å²) in [6.45, 7) is 4.29. The monoisotopic (exact) mass is 346 g/mol. The summed E-state index contributed by atoms with van der Waals surface area (Å²) in [6.07, 6.45) is 1.50. The average molecular weight is 346 g/mol. The Bertz CT molecular complexity index is 742. The highest BCUT2D eigenvalue weighted by Crippen LogP contribution is 2.17. The lowest BCUT2D eigenvalue weighted by Crippen LogP contribution is -2.42. The molecule has 1 heterocycles. The summed E-state index contributed by atoms with van der Waals surface area (Å²) in [6, 6.07) is 5.24. The minimum Gasteiger partial charge on any atom is -0.212 e. The van der Waals surface area contributed by atoms with Crippen LogP contribution in [0, 0.1) is 13.8 Å². The lowest BCUT2D eigenvalue weighted by molar-refractivity contribution is 0.386. The van der Waals surface area contributed by atoms with Crippen LogP contribution in [0.2, 0.25) is 0 Å². The van der Waals surface area contributed by atoms with Crippen molar-refractivity contribution in [3.05, 3.63) is 29.3 Å². The molecular formula is C14H22N2O4S2. The van der Waals surface area contributed by atoms with Gasteiger partial charge in [-0.25, -0.2) is 25.9 Å². The first-order valence-electron chi connectivity index (χ1n) is 7.27. The Morgan fingerprint density at radius 3 is 2.64 bits per heavy atom. The maximum atomic E-state index is 12.3. The van der Waals surface area contributed by atoms with E-state index in [1.807, 2.05) is 13.0 Å². The molecule has 1 aliphatic heterocycles. The number of benzene rings is 1. The first-order valence-corrected chi connectivity index (χ1v) is 10.4. The maximum Gasteiger partial charge on any atom is 0.240 e. The van der Waals surface area contributed by atoms with Gasteiger partial charge in [0.2, 0.25) is 20.0 Å². The van der Waals surface area contributed by atoms with Crippen LogP contribution in [0.4, 0.5) is 0 Å². The quantitative estimate of drug-likeness (QED) is 0.862. The van der Waals surface area contributed by atoms with Gasteiger partial charge in [-0.05, 0) is 43.9 Å². The Hall–Kier alpha value is -0.960. The molecular weight excluding hydrogens is 324 g/mol. The van der Waals surface area contributed by atoms with Gasteiger partial charge in [0.1, 0.15) is 0 Å². The Balaban J connectivity index is 2.03. The molecule has 8 heteroatoms. The highest BCUT2D eigenvalue weighted by atomic mass is 32.2. The largest absolute Gasteiger partial charge is 0.240 e. The van der Waals surface area contributed by atoms with Crippen LogP contribution >= 0.6 is 0 Å². The van der Waals surface area contributed by atoms with Crippen LogP contribution in [0.25, 0.3) is 0 Å². The molecule has 0 bridgehead atoms. The van der Waals surface area contributed by atoms with Gasteiger partial charge in [0.05, 0.1) is 10.6 Å². The summed E-state index contributed by atoms with van der Waals surface area (Å²) in [5.74, 6) is 0.150. The topological polar surface area (TPSA) is 83.6 Å². The van der Waals surface area contributed by atoms with Gasteiger partial charge in [0.25, 0.3) is 0 Å². The lowest BCUT2D eigenvalue weighted by Gasteiger charge is -2.26. The van der Waals surface area contributed by atoms with Crippen LogP contribution in [0.5, 0.6) is 0 Å². The third-order valence-electron chi connectivity index (χ3n) is 3.74. The fraction of sp³-hybridized carbons (Fsp3) is 0.571. The summed E-state index contributed by atoms with van der Waals surface area (Å²) >= 11 is 0. The van der Waals surface area contributed by atoms with Crippen molar-refractivity contribution in [1.82, 2.24) is 9.03 Å². The zero-order valence-corrected chi connectivity index (χ0v) is 14.5. The Labute approximate surface area is 132 Å². The van der Waals surface area contributed by atoms with E-state index in [2.05, 4.69) is 4.72 Å². The van der Waals surface area contributed by atoms with Crippen molar-refractivity contribution >= 4 is 20.0 Å². The van der Waals surface area contributed by atoms with Crippen molar-refractivity contribution in [2.75, 3.05) is 25.4 Å². The van der Waals surface area contributed by atoms with Crippen LogP contribution in [0.1, 0.15) is 24.0 Å². The molecule has 6 nitrogen and oxygen atoms in total. The standard InChI is InChI=1S/C14H22N2O4S2/c1-12-5-6-13(2)14(11-12)22(19,20)15-7-9-16-8-3-4-10-21(16,17)18/h5-6,11,15H,3-4,7-10H2,1-2H3. The van der Waals surface area contributed by atoms with Gasteiger partial charge < -0.3 is 0 Å². The van der Waals surface area contributed by atoms with Crippen LogP contribution in [0.3, 0.4) is 0 Å². The van der Waals surface area contributed by atoms with E-state index in [-0.39, 0.29) is 23.7 Å². The first-order chi connectivity index (χ1) is 10.2. The maximum absolute atomic E-state index is 12.3. The molecule has 0 saturated carbocycles. The van der Waals surface area contributed by atoms with E-state index in [4.69, 9.17) is 0 Å². The second kappa shape index (κ2) is 6.66. The van der Waals surface area contributed by atoms with Gasteiger partial charge in [-0.2, -0.15) is 0 Å². The Morgan fingerprint density at radius 2 is 1.95 bits per heavy atom. The molecule has 1 saturated heterocycles. The third kappa shape index (κ3) is 4.07. The highest BCUT2D eigenvalue weighted by Gasteiger charge is 2.26. The van der Waals surface area contributed by atoms with Gasteiger partial charge in [-0.1, -0.05) is 12.1 Å². The second-order valence-corrected chi connectivity index (χ2v) is 9.41. The van der Waals surface area contributed by atoms with E-state index in [0.717, 1.165) is 12.0 Å². The number of rotatable bonds is 5. The predicted octanol–water partition coefficient (Wildman–Crippen LogP) is 1.01. The van der Waals surface area contributed by atoms with Crippen LogP contribution in [0.15, 0.2) is 23.1 Å². The van der Waals surface area contributed by atoms with E-state index in [0.29, 0.717) is 18.5 Å². The number of nitrogens with zero attached hydrogens (tertiary/aromatic N) is 1. The van der Waals surface area contributed by atoms with Crippen molar-refractivity contribution in [2.45, 2.75) is 31.6 Å². The van der Waals surface area contributed by atoms with Crippen LogP contribution in [-0.2, 0) is 20.0 Å². The van der Waals surface area contributed by atoms with Crippen molar-refractivity contribution in [3.8, 4) is 0 Å². The Morgan fingerprint density at radius 1 is 1.23 bits per heavy atom. The van der Waals surface area contributed by atoms with E-state index in [9.17, 15) is 16.8 Å². The molecule has 2 rings (SSSR count). The van der Waals surface area contributed by atoms with Gasteiger partial charge in [0, 0.05) is 19.6 Å². The van der Waals surface area contributed by atoms with Crippen molar-refractivity contribution < 1.29 is 16.8 Å². The minimum absolute atomic E-state index is 0.0783. The summed E-state index contributed by atoms with van der Waals surface area (Å²) < 4.78 is 52.2. The number of aryl methyl sites for hydroxylation is 2.